The van der Waals surface area contributed by atoms with Gasteiger partial charge in [0.1, 0.15) is 0 Å². The van der Waals surface area contributed by atoms with Crippen molar-refractivity contribution in [2.75, 3.05) is 0 Å². The van der Waals surface area contributed by atoms with E-state index < -0.39 is 0 Å². The molecule has 1 aliphatic heterocycles. The van der Waals surface area contributed by atoms with Gasteiger partial charge in [-0.1, -0.05) is 6.42 Å². The van der Waals surface area contributed by atoms with Gasteiger partial charge in [-0.2, -0.15) is 0 Å². The van der Waals surface area contributed by atoms with Gasteiger partial charge in [0.05, 0.1) is 12.0 Å². The normalized spacial score (nSPS) is 23.2. The second kappa shape index (κ2) is 3.47. The Morgan fingerprint density at radius 3 is 2.81 bits per heavy atom. The molecule has 0 unspecified atom stereocenters. The molecular weight excluding hydrogens is 204 g/mol. The monoisotopic (exact) mass is 218 g/mol. The number of imidazole rings is 1. The first-order valence-electron chi connectivity index (χ1n) is 5.74. The molecule has 3 rings (SSSR count). The van der Waals surface area contributed by atoms with Crippen LogP contribution < -0.4 is 0 Å². The van der Waals surface area contributed by atoms with Crippen molar-refractivity contribution in [2.24, 2.45) is 0 Å². The molecule has 0 bridgehead atoms. The molecule has 0 aromatic carbocycles. The summed E-state index contributed by atoms with van der Waals surface area (Å²) in [6.07, 6.45) is 12.3. The van der Waals surface area contributed by atoms with E-state index in [0.717, 1.165) is 31.4 Å². The predicted molar refractivity (Wildman–Crippen MR) is 58.4 cm³/mol. The van der Waals surface area contributed by atoms with E-state index in [4.69, 9.17) is 4.74 Å². The molecule has 1 aliphatic carbocycles. The molecule has 1 fully saturated rings. The van der Waals surface area contributed by atoms with E-state index in [1.165, 1.54) is 6.42 Å². The molecule has 1 aromatic rings. The maximum absolute atomic E-state index is 11.5. The number of aromatic nitrogens is 2. The van der Waals surface area contributed by atoms with Crippen molar-refractivity contribution in [1.29, 1.82) is 0 Å². The molecule has 1 aromatic heterocycles. The Hall–Kier alpha value is -1.58. The Bertz CT molecular complexity index is 428. The smallest absolute Gasteiger partial charge is 0.333 e. The predicted octanol–water partition coefficient (Wildman–Crippen LogP) is 1.98. The second-order valence-corrected chi connectivity index (χ2v) is 4.48. The molecule has 0 radical (unpaired) electrons. The average Bonchev–Trinajstić information content (AvgIpc) is 2.88. The molecule has 0 saturated heterocycles. The van der Waals surface area contributed by atoms with E-state index in [9.17, 15) is 4.79 Å². The van der Waals surface area contributed by atoms with Crippen molar-refractivity contribution < 1.29 is 9.53 Å². The number of esters is 1. The van der Waals surface area contributed by atoms with E-state index in [2.05, 4.69) is 4.98 Å². The SMILES string of the molecule is O=C1C=C(n2ccnc2)C2(CCCCC2)O1. The minimum atomic E-state index is -0.379. The van der Waals surface area contributed by atoms with Crippen molar-refractivity contribution in [1.82, 2.24) is 9.55 Å². The number of carbonyl (C=O) groups excluding carboxylic acids is 1. The van der Waals surface area contributed by atoms with Crippen molar-refractivity contribution in [2.45, 2.75) is 37.7 Å². The van der Waals surface area contributed by atoms with E-state index in [0.29, 0.717) is 0 Å². The lowest BCUT2D eigenvalue weighted by Gasteiger charge is -2.34. The summed E-state index contributed by atoms with van der Waals surface area (Å²) in [4.78, 5) is 15.5. The lowest BCUT2D eigenvalue weighted by molar-refractivity contribution is -0.147. The zero-order valence-corrected chi connectivity index (χ0v) is 9.06. The van der Waals surface area contributed by atoms with Crippen LogP contribution in [-0.4, -0.2) is 21.1 Å². The van der Waals surface area contributed by atoms with Gasteiger partial charge >= 0.3 is 5.97 Å². The maximum atomic E-state index is 11.5. The van der Waals surface area contributed by atoms with Crippen LogP contribution >= 0.6 is 0 Å². The summed E-state index contributed by atoms with van der Waals surface area (Å²) in [7, 11) is 0. The zero-order valence-electron chi connectivity index (χ0n) is 9.06. The third-order valence-corrected chi connectivity index (χ3v) is 3.46. The summed E-state index contributed by atoms with van der Waals surface area (Å²) < 4.78 is 7.45. The summed E-state index contributed by atoms with van der Waals surface area (Å²) >= 11 is 0. The first-order chi connectivity index (χ1) is 7.80. The van der Waals surface area contributed by atoms with Gasteiger partial charge < -0.3 is 9.30 Å². The van der Waals surface area contributed by atoms with Crippen LogP contribution in [0.15, 0.2) is 24.8 Å². The summed E-state index contributed by atoms with van der Waals surface area (Å²) in [5.41, 5.74) is 0.574. The van der Waals surface area contributed by atoms with Crippen molar-refractivity contribution in [3.05, 3.63) is 24.8 Å². The van der Waals surface area contributed by atoms with Crippen LogP contribution in [0, 0.1) is 0 Å². The van der Waals surface area contributed by atoms with Gasteiger partial charge in [-0.15, -0.1) is 0 Å². The molecular formula is C12H14N2O2. The average molecular weight is 218 g/mol. The first kappa shape index (κ1) is 9.63. The fourth-order valence-electron chi connectivity index (χ4n) is 2.71. The first-order valence-corrected chi connectivity index (χ1v) is 5.74. The van der Waals surface area contributed by atoms with Gasteiger partial charge in [0, 0.05) is 18.5 Å². The lowest BCUT2D eigenvalue weighted by atomic mass is 9.83. The minimum Gasteiger partial charge on any atom is -0.449 e. The van der Waals surface area contributed by atoms with Crippen LogP contribution in [0.4, 0.5) is 0 Å². The summed E-state index contributed by atoms with van der Waals surface area (Å²) in [6, 6.07) is 0. The molecule has 84 valence electrons. The van der Waals surface area contributed by atoms with E-state index in [-0.39, 0.29) is 11.6 Å². The van der Waals surface area contributed by atoms with Crippen molar-refractivity contribution in [3.63, 3.8) is 0 Å². The quantitative estimate of drug-likeness (QED) is 0.677. The van der Waals surface area contributed by atoms with Crippen molar-refractivity contribution >= 4 is 11.7 Å². The molecule has 1 spiro atoms. The van der Waals surface area contributed by atoms with E-state index in [1.807, 2.05) is 10.8 Å². The van der Waals surface area contributed by atoms with Crippen LogP contribution in [0.2, 0.25) is 0 Å². The highest BCUT2D eigenvalue weighted by Gasteiger charge is 2.44. The zero-order chi connectivity index (χ0) is 11.0. The number of hydrogen-bond donors (Lipinski definition) is 0. The lowest BCUT2D eigenvalue weighted by Crippen LogP contribution is -2.35. The van der Waals surface area contributed by atoms with Crippen LogP contribution in [0.3, 0.4) is 0 Å². The summed E-state index contributed by atoms with van der Waals surface area (Å²) in [6.45, 7) is 0. The highest BCUT2D eigenvalue weighted by atomic mass is 16.6. The fourth-order valence-corrected chi connectivity index (χ4v) is 2.71. The Balaban J connectivity index is 2.00. The third kappa shape index (κ3) is 1.37. The van der Waals surface area contributed by atoms with E-state index >= 15 is 0 Å². The summed E-state index contributed by atoms with van der Waals surface area (Å²) in [5.74, 6) is -0.217. The summed E-state index contributed by atoms with van der Waals surface area (Å²) in [5, 5.41) is 0. The number of carbonyl (C=O) groups is 1. The van der Waals surface area contributed by atoms with Crippen LogP contribution in [0.1, 0.15) is 32.1 Å². The van der Waals surface area contributed by atoms with Crippen molar-refractivity contribution in [3.8, 4) is 0 Å². The number of hydrogen-bond acceptors (Lipinski definition) is 3. The topological polar surface area (TPSA) is 44.1 Å². The van der Waals surface area contributed by atoms with Gasteiger partial charge in [-0.05, 0) is 25.7 Å². The molecule has 0 N–H and O–H groups in total. The Morgan fingerprint density at radius 1 is 1.31 bits per heavy atom. The second-order valence-electron chi connectivity index (χ2n) is 4.48. The minimum absolute atomic E-state index is 0.217. The molecule has 1 saturated carbocycles. The molecule has 16 heavy (non-hydrogen) atoms. The third-order valence-electron chi connectivity index (χ3n) is 3.46. The highest BCUT2D eigenvalue weighted by Crippen LogP contribution is 2.43. The Morgan fingerprint density at radius 2 is 2.12 bits per heavy atom. The Labute approximate surface area is 93.9 Å². The van der Waals surface area contributed by atoms with E-state index in [1.54, 1.807) is 18.6 Å². The molecule has 2 aliphatic rings. The van der Waals surface area contributed by atoms with Gasteiger partial charge in [0.2, 0.25) is 0 Å². The van der Waals surface area contributed by atoms with Crippen LogP contribution in [0.25, 0.3) is 5.70 Å². The van der Waals surface area contributed by atoms with Crippen LogP contribution in [0.5, 0.6) is 0 Å². The largest absolute Gasteiger partial charge is 0.449 e. The number of nitrogens with zero attached hydrogens (tertiary/aromatic N) is 2. The molecule has 4 heteroatoms. The molecule has 2 heterocycles. The van der Waals surface area contributed by atoms with Gasteiger partial charge in [0.25, 0.3) is 0 Å². The number of ether oxygens (including phenoxy) is 1. The van der Waals surface area contributed by atoms with Crippen LogP contribution in [-0.2, 0) is 9.53 Å². The Kier molecular flexibility index (Phi) is 2.09. The van der Waals surface area contributed by atoms with Gasteiger partial charge in [-0.3, -0.25) is 0 Å². The maximum Gasteiger partial charge on any atom is 0.333 e. The molecule has 0 amide bonds. The van der Waals surface area contributed by atoms with Gasteiger partial charge in [-0.25, -0.2) is 9.78 Å². The molecule has 0 atom stereocenters. The number of rotatable bonds is 1. The standard InChI is InChI=1S/C12H14N2O2/c15-11-8-10(14-7-6-13-9-14)12(16-11)4-2-1-3-5-12/h6-9H,1-5H2. The fraction of sp³-hybridized carbons (Fsp3) is 0.500. The highest BCUT2D eigenvalue weighted by molar-refractivity contribution is 5.94. The van der Waals surface area contributed by atoms with Gasteiger partial charge in [0.15, 0.2) is 5.60 Å². The molecule has 4 nitrogen and oxygen atoms in total.